The molecular formula is C8H7ClOS. The van der Waals surface area contributed by atoms with E-state index in [9.17, 15) is 4.79 Å². The number of thiophene rings is 1. The van der Waals surface area contributed by atoms with Crippen LogP contribution in [0.15, 0.2) is 12.1 Å². The highest BCUT2D eigenvalue weighted by molar-refractivity contribution is 7.16. The van der Waals surface area contributed by atoms with Crippen molar-refractivity contribution in [2.75, 3.05) is 0 Å². The number of aldehydes is 1. The Labute approximate surface area is 74.0 Å². The topological polar surface area (TPSA) is 17.1 Å². The first-order valence-electron chi connectivity index (χ1n) is 3.49. The number of halogens is 1. The van der Waals surface area contributed by atoms with E-state index in [-0.39, 0.29) is 5.41 Å². The minimum atomic E-state index is -0.141. The molecule has 58 valence electrons. The van der Waals surface area contributed by atoms with Gasteiger partial charge in [-0.25, -0.2) is 0 Å². The van der Waals surface area contributed by atoms with Gasteiger partial charge in [0, 0.05) is 4.88 Å². The van der Waals surface area contributed by atoms with Crippen LogP contribution in [0.1, 0.15) is 17.7 Å². The van der Waals surface area contributed by atoms with Gasteiger partial charge in [-0.05, 0) is 25.0 Å². The zero-order chi connectivity index (χ0) is 7.90. The average molecular weight is 187 g/mol. The van der Waals surface area contributed by atoms with Gasteiger partial charge in [-0.15, -0.1) is 11.3 Å². The van der Waals surface area contributed by atoms with Crippen molar-refractivity contribution < 1.29 is 4.79 Å². The Hall–Kier alpha value is -0.340. The smallest absolute Gasteiger partial charge is 0.131 e. The third-order valence-corrected chi connectivity index (χ3v) is 3.53. The first-order chi connectivity index (χ1) is 5.27. The molecule has 1 saturated carbocycles. The fraction of sp³-hybridized carbons (Fsp3) is 0.375. The standard InChI is InChI=1S/C8H7ClOS/c9-7-2-1-6(11-7)8(5-10)3-4-8/h1-2,5H,3-4H2. The Morgan fingerprint density at radius 1 is 1.55 bits per heavy atom. The quantitative estimate of drug-likeness (QED) is 0.649. The van der Waals surface area contributed by atoms with Crippen LogP contribution in [-0.2, 0) is 10.2 Å². The van der Waals surface area contributed by atoms with E-state index in [0.29, 0.717) is 0 Å². The predicted octanol–water partition coefficient (Wildman–Crippen LogP) is 2.63. The molecule has 0 bridgehead atoms. The van der Waals surface area contributed by atoms with Crippen LogP contribution in [0, 0.1) is 0 Å². The second-order valence-corrected chi connectivity index (χ2v) is 4.59. The predicted molar refractivity (Wildman–Crippen MR) is 46.3 cm³/mol. The van der Waals surface area contributed by atoms with Crippen molar-refractivity contribution in [3.63, 3.8) is 0 Å². The average Bonchev–Trinajstić information content (AvgIpc) is 2.70. The van der Waals surface area contributed by atoms with Crippen LogP contribution in [0.3, 0.4) is 0 Å². The molecule has 0 saturated heterocycles. The van der Waals surface area contributed by atoms with E-state index >= 15 is 0 Å². The van der Waals surface area contributed by atoms with Gasteiger partial charge in [0.1, 0.15) is 6.29 Å². The maximum absolute atomic E-state index is 10.7. The Bertz CT molecular complexity index is 288. The molecule has 2 rings (SSSR count). The third-order valence-electron chi connectivity index (χ3n) is 2.08. The Morgan fingerprint density at radius 3 is 2.64 bits per heavy atom. The van der Waals surface area contributed by atoms with E-state index in [1.165, 1.54) is 11.3 Å². The summed E-state index contributed by atoms with van der Waals surface area (Å²) in [5.41, 5.74) is -0.141. The van der Waals surface area contributed by atoms with Crippen molar-refractivity contribution in [1.82, 2.24) is 0 Å². The van der Waals surface area contributed by atoms with Crippen LogP contribution in [0.2, 0.25) is 4.34 Å². The Kier molecular flexibility index (Phi) is 1.55. The van der Waals surface area contributed by atoms with Crippen molar-refractivity contribution in [3.8, 4) is 0 Å². The molecule has 0 spiro atoms. The Morgan fingerprint density at radius 2 is 2.27 bits per heavy atom. The summed E-state index contributed by atoms with van der Waals surface area (Å²) in [6, 6.07) is 3.81. The van der Waals surface area contributed by atoms with Gasteiger partial charge in [0.05, 0.1) is 9.75 Å². The zero-order valence-electron chi connectivity index (χ0n) is 5.84. The molecule has 1 aliphatic rings. The number of carbonyl (C=O) groups excluding carboxylic acids is 1. The fourth-order valence-electron chi connectivity index (χ4n) is 1.14. The molecule has 11 heavy (non-hydrogen) atoms. The minimum absolute atomic E-state index is 0.141. The molecule has 0 unspecified atom stereocenters. The first kappa shape index (κ1) is 7.32. The minimum Gasteiger partial charge on any atom is -0.302 e. The van der Waals surface area contributed by atoms with E-state index in [1.54, 1.807) is 0 Å². The first-order valence-corrected chi connectivity index (χ1v) is 4.68. The van der Waals surface area contributed by atoms with Crippen molar-refractivity contribution in [2.45, 2.75) is 18.3 Å². The van der Waals surface area contributed by atoms with Crippen molar-refractivity contribution in [1.29, 1.82) is 0 Å². The highest BCUT2D eigenvalue weighted by Crippen LogP contribution is 2.49. The maximum Gasteiger partial charge on any atom is 0.131 e. The summed E-state index contributed by atoms with van der Waals surface area (Å²) in [7, 11) is 0. The second-order valence-electron chi connectivity index (χ2n) is 2.88. The number of hydrogen-bond donors (Lipinski definition) is 0. The van der Waals surface area contributed by atoms with E-state index in [1.807, 2.05) is 12.1 Å². The lowest BCUT2D eigenvalue weighted by Gasteiger charge is -1.99. The van der Waals surface area contributed by atoms with E-state index in [4.69, 9.17) is 11.6 Å². The molecule has 0 radical (unpaired) electrons. The molecule has 1 heterocycles. The normalized spacial score (nSPS) is 19.7. The summed E-state index contributed by atoms with van der Waals surface area (Å²) in [5.74, 6) is 0. The van der Waals surface area contributed by atoms with Crippen LogP contribution in [-0.4, -0.2) is 6.29 Å². The summed E-state index contributed by atoms with van der Waals surface area (Å²) in [6.45, 7) is 0. The molecule has 0 aromatic carbocycles. The van der Waals surface area contributed by atoms with E-state index in [0.717, 1.165) is 28.3 Å². The second kappa shape index (κ2) is 2.32. The summed E-state index contributed by atoms with van der Waals surface area (Å²) >= 11 is 7.27. The van der Waals surface area contributed by atoms with Crippen LogP contribution >= 0.6 is 22.9 Å². The molecule has 1 aromatic heterocycles. The van der Waals surface area contributed by atoms with Gasteiger partial charge in [0.15, 0.2) is 0 Å². The highest BCUT2D eigenvalue weighted by Gasteiger charge is 2.45. The zero-order valence-corrected chi connectivity index (χ0v) is 7.41. The summed E-state index contributed by atoms with van der Waals surface area (Å²) in [4.78, 5) is 11.8. The molecule has 0 atom stereocenters. The molecule has 0 N–H and O–H groups in total. The lowest BCUT2D eigenvalue weighted by molar-refractivity contribution is -0.109. The molecule has 1 nitrogen and oxygen atoms in total. The summed E-state index contributed by atoms with van der Waals surface area (Å²) in [5, 5.41) is 0. The SMILES string of the molecule is O=CC1(c2ccc(Cl)s2)CC1. The van der Waals surface area contributed by atoms with Gasteiger partial charge in [-0.1, -0.05) is 11.6 Å². The number of carbonyl (C=O) groups is 1. The Balaban J connectivity index is 2.36. The van der Waals surface area contributed by atoms with E-state index < -0.39 is 0 Å². The van der Waals surface area contributed by atoms with Gasteiger partial charge in [0.25, 0.3) is 0 Å². The molecule has 0 amide bonds. The third kappa shape index (κ3) is 1.10. The molecule has 1 aromatic rings. The molecular weight excluding hydrogens is 180 g/mol. The molecule has 3 heteroatoms. The van der Waals surface area contributed by atoms with Gasteiger partial charge in [-0.2, -0.15) is 0 Å². The van der Waals surface area contributed by atoms with Crippen LogP contribution in [0.5, 0.6) is 0 Å². The van der Waals surface area contributed by atoms with Gasteiger partial charge in [0.2, 0.25) is 0 Å². The van der Waals surface area contributed by atoms with Crippen LogP contribution < -0.4 is 0 Å². The van der Waals surface area contributed by atoms with E-state index in [2.05, 4.69) is 0 Å². The van der Waals surface area contributed by atoms with Crippen LogP contribution in [0.4, 0.5) is 0 Å². The van der Waals surface area contributed by atoms with Crippen molar-refractivity contribution >= 4 is 29.2 Å². The van der Waals surface area contributed by atoms with Crippen molar-refractivity contribution in [2.24, 2.45) is 0 Å². The van der Waals surface area contributed by atoms with Gasteiger partial charge >= 0.3 is 0 Å². The van der Waals surface area contributed by atoms with Crippen molar-refractivity contribution in [3.05, 3.63) is 21.3 Å². The summed E-state index contributed by atoms with van der Waals surface area (Å²) in [6.07, 6.45) is 3.04. The molecule has 1 aliphatic carbocycles. The maximum atomic E-state index is 10.7. The van der Waals surface area contributed by atoms with Gasteiger partial charge in [-0.3, -0.25) is 0 Å². The fourth-order valence-corrected chi connectivity index (χ4v) is 2.39. The summed E-state index contributed by atoms with van der Waals surface area (Å²) < 4.78 is 0.771. The molecule has 0 aliphatic heterocycles. The monoisotopic (exact) mass is 186 g/mol. The number of hydrogen-bond acceptors (Lipinski definition) is 2. The lowest BCUT2D eigenvalue weighted by Crippen LogP contribution is -2.04. The number of rotatable bonds is 2. The largest absolute Gasteiger partial charge is 0.302 e. The lowest BCUT2D eigenvalue weighted by atomic mass is 10.1. The molecule has 1 fully saturated rings. The van der Waals surface area contributed by atoms with Gasteiger partial charge < -0.3 is 4.79 Å². The van der Waals surface area contributed by atoms with Crippen LogP contribution in [0.25, 0.3) is 0 Å². The highest BCUT2D eigenvalue weighted by atomic mass is 35.5.